The van der Waals surface area contributed by atoms with Crippen molar-refractivity contribution in [1.29, 1.82) is 0 Å². The number of hydrogen-bond acceptors (Lipinski definition) is 1. The average Bonchev–Trinajstić information content (AvgIpc) is 2.77. The molecule has 2 aromatic rings. The molecule has 3 heteroatoms. The van der Waals surface area contributed by atoms with E-state index in [2.05, 4.69) is 28.9 Å². The van der Waals surface area contributed by atoms with Crippen molar-refractivity contribution in [3.05, 3.63) is 64.5 Å². The molecular formula is C17H16BrFO. The fourth-order valence-electron chi connectivity index (χ4n) is 2.62. The van der Waals surface area contributed by atoms with E-state index in [1.54, 1.807) is 6.07 Å². The number of aryl methyl sites for hydroxylation is 1. The second-order valence-electron chi connectivity index (χ2n) is 5.39. The van der Waals surface area contributed by atoms with Crippen LogP contribution in [-0.4, -0.2) is 6.10 Å². The Morgan fingerprint density at radius 1 is 1.25 bits per heavy atom. The molecule has 1 aliphatic rings. The average molecular weight is 335 g/mol. The SMILES string of the molecule is Cc1ccc(C(Br)c2ccc3c(c2)CC(C)O3)c(F)c1. The first-order chi connectivity index (χ1) is 9.54. The topological polar surface area (TPSA) is 9.23 Å². The molecule has 0 saturated carbocycles. The largest absolute Gasteiger partial charge is 0.490 e. The Labute approximate surface area is 126 Å². The first-order valence-electron chi connectivity index (χ1n) is 6.74. The van der Waals surface area contributed by atoms with Crippen molar-refractivity contribution < 1.29 is 9.13 Å². The van der Waals surface area contributed by atoms with Crippen molar-refractivity contribution in [2.45, 2.75) is 31.2 Å². The van der Waals surface area contributed by atoms with E-state index >= 15 is 0 Å². The third-order valence-corrected chi connectivity index (χ3v) is 4.66. The lowest BCUT2D eigenvalue weighted by Gasteiger charge is -2.13. The van der Waals surface area contributed by atoms with E-state index in [9.17, 15) is 4.39 Å². The number of hydrogen-bond donors (Lipinski definition) is 0. The Balaban J connectivity index is 1.95. The highest BCUT2D eigenvalue weighted by Crippen LogP contribution is 2.37. The Morgan fingerprint density at radius 3 is 2.80 bits per heavy atom. The lowest BCUT2D eigenvalue weighted by atomic mass is 10.00. The second kappa shape index (κ2) is 5.21. The molecule has 0 amide bonds. The highest BCUT2D eigenvalue weighted by atomic mass is 79.9. The standard InChI is InChI=1S/C17H16BrFO/c1-10-3-5-14(15(19)7-10)17(18)12-4-6-16-13(9-12)8-11(2)20-16/h3-7,9,11,17H,8H2,1-2H3. The quantitative estimate of drug-likeness (QED) is 0.706. The van der Waals surface area contributed by atoms with Crippen molar-refractivity contribution >= 4 is 15.9 Å². The van der Waals surface area contributed by atoms with Crippen LogP contribution in [0.5, 0.6) is 5.75 Å². The van der Waals surface area contributed by atoms with Gasteiger partial charge in [0, 0.05) is 12.0 Å². The minimum atomic E-state index is -0.169. The van der Waals surface area contributed by atoms with Crippen molar-refractivity contribution in [2.75, 3.05) is 0 Å². The number of alkyl halides is 1. The van der Waals surface area contributed by atoms with Gasteiger partial charge in [-0.05, 0) is 42.7 Å². The predicted octanol–water partition coefficient (Wildman–Crippen LogP) is 4.94. The van der Waals surface area contributed by atoms with Crippen LogP contribution in [0.15, 0.2) is 36.4 Å². The van der Waals surface area contributed by atoms with Crippen LogP contribution in [0.3, 0.4) is 0 Å². The van der Waals surface area contributed by atoms with Gasteiger partial charge in [-0.1, -0.05) is 40.2 Å². The Bertz CT molecular complexity index is 653. The third-order valence-electron chi connectivity index (χ3n) is 3.64. The summed E-state index contributed by atoms with van der Waals surface area (Å²) in [6, 6.07) is 11.4. The predicted molar refractivity (Wildman–Crippen MR) is 82.1 cm³/mol. The summed E-state index contributed by atoms with van der Waals surface area (Å²) in [7, 11) is 0. The number of benzene rings is 2. The van der Waals surface area contributed by atoms with E-state index in [0.717, 1.165) is 23.3 Å². The van der Waals surface area contributed by atoms with Gasteiger partial charge in [0.1, 0.15) is 17.7 Å². The molecule has 0 aliphatic carbocycles. The molecule has 0 radical (unpaired) electrons. The summed E-state index contributed by atoms with van der Waals surface area (Å²) in [5.41, 5.74) is 3.86. The molecule has 0 bridgehead atoms. The first kappa shape index (κ1) is 13.6. The molecule has 2 unspecified atom stereocenters. The van der Waals surface area contributed by atoms with E-state index in [1.165, 1.54) is 5.56 Å². The molecule has 2 aromatic carbocycles. The normalized spacial score (nSPS) is 18.5. The summed E-state index contributed by atoms with van der Waals surface area (Å²) in [6.45, 7) is 3.95. The van der Waals surface area contributed by atoms with E-state index in [-0.39, 0.29) is 16.7 Å². The van der Waals surface area contributed by atoms with E-state index in [4.69, 9.17) is 4.74 Å². The van der Waals surface area contributed by atoms with Gasteiger partial charge in [-0.15, -0.1) is 0 Å². The van der Waals surface area contributed by atoms with Gasteiger partial charge in [-0.2, -0.15) is 0 Å². The van der Waals surface area contributed by atoms with Crippen molar-refractivity contribution in [2.24, 2.45) is 0 Å². The van der Waals surface area contributed by atoms with Crippen molar-refractivity contribution in [3.63, 3.8) is 0 Å². The molecule has 104 valence electrons. The lowest BCUT2D eigenvalue weighted by Crippen LogP contribution is -2.05. The Kier molecular flexibility index (Phi) is 3.55. The zero-order valence-electron chi connectivity index (χ0n) is 11.5. The molecule has 20 heavy (non-hydrogen) atoms. The van der Waals surface area contributed by atoms with Crippen LogP contribution in [0, 0.1) is 12.7 Å². The third kappa shape index (κ3) is 2.47. The maximum absolute atomic E-state index is 14.1. The zero-order valence-corrected chi connectivity index (χ0v) is 13.1. The number of halogens is 2. The van der Waals surface area contributed by atoms with Crippen LogP contribution in [0.1, 0.15) is 34.0 Å². The summed E-state index contributed by atoms with van der Waals surface area (Å²) >= 11 is 3.61. The fraction of sp³-hybridized carbons (Fsp3) is 0.294. The van der Waals surface area contributed by atoms with Crippen LogP contribution < -0.4 is 4.74 Å². The van der Waals surface area contributed by atoms with Gasteiger partial charge < -0.3 is 4.74 Å². The minimum Gasteiger partial charge on any atom is -0.490 e. The summed E-state index contributed by atoms with van der Waals surface area (Å²) in [5, 5.41) is 0. The number of fused-ring (bicyclic) bond motifs is 1. The summed E-state index contributed by atoms with van der Waals surface area (Å²) < 4.78 is 19.8. The van der Waals surface area contributed by atoms with Gasteiger partial charge in [0.25, 0.3) is 0 Å². The van der Waals surface area contributed by atoms with Gasteiger partial charge in [-0.3, -0.25) is 0 Å². The van der Waals surface area contributed by atoms with Crippen LogP contribution in [0.25, 0.3) is 0 Å². The molecule has 1 nitrogen and oxygen atoms in total. The maximum atomic E-state index is 14.1. The van der Waals surface area contributed by atoms with Crippen LogP contribution in [0.2, 0.25) is 0 Å². The van der Waals surface area contributed by atoms with Crippen LogP contribution in [-0.2, 0) is 6.42 Å². The fourth-order valence-corrected chi connectivity index (χ4v) is 3.27. The number of rotatable bonds is 2. The Morgan fingerprint density at radius 2 is 2.05 bits per heavy atom. The Hall–Kier alpha value is -1.35. The minimum absolute atomic E-state index is 0.135. The number of ether oxygens (including phenoxy) is 1. The molecule has 0 N–H and O–H groups in total. The maximum Gasteiger partial charge on any atom is 0.128 e. The molecule has 1 heterocycles. The second-order valence-corrected chi connectivity index (χ2v) is 6.30. The molecular weight excluding hydrogens is 319 g/mol. The monoisotopic (exact) mass is 334 g/mol. The summed E-state index contributed by atoms with van der Waals surface area (Å²) in [4.78, 5) is -0.135. The molecule has 0 aromatic heterocycles. The van der Waals surface area contributed by atoms with E-state index in [0.29, 0.717) is 5.56 Å². The van der Waals surface area contributed by atoms with Crippen LogP contribution >= 0.6 is 15.9 Å². The van der Waals surface area contributed by atoms with Crippen LogP contribution in [0.4, 0.5) is 4.39 Å². The van der Waals surface area contributed by atoms with E-state index in [1.807, 2.05) is 31.2 Å². The van der Waals surface area contributed by atoms with Gasteiger partial charge >= 0.3 is 0 Å². The smallest absolute Gasteiger partial charge is 0.128 e. The van der Waals surface area contributed by atoms with Gasteiger partial charge in [-0.25, -0.2) is 4.39 Å². The van der Waals surface area contributed by atoms with E-state index < -0.39 is 0 Å². The summed E-state index contributed by atoms with van der Waals surface area (Å²) in [6.07, 6.45) is 1.14. The highest BCUT2D eigenvalue weighted by Gasteiger charge is 2.22. The van der Waals surface area contributed by atoms with Crippen molar-refractivity contribution in [1.82, 2.24) is 0 Å². The van der Waals surface area contributed by atoms with Gasteiger partial charge in [0.15, 0.2) is 0 Å². The first-order valence-corrected chi connectivity index (χ1v) is 7.66. The van der Waals surface area contributed by atoms with Gasteiger partial charge in [0.2, 0.25) is 0 Å². The molecule has 3 rings (SSSR count). The molecule has 0 spiro atoms. The van der Waals surface area contributed by atoms with Crippen molar-refractivity contribution in [3.8, 4) is 5.75 Å². The lowest BCUT2D eigenvalue weighted by molar-refractivity contribution is 0.254. The molecule has 0 fully saturated rings. The zero-order chi connectivity index (χ0) is 14.3. The molecule has 2 atom stereocenters. The highest BCUT2D eigenvalue weighted by molar-refractivity contribution is 9.09. The van der Waals surface area contributed by atoms with Gasteiger partial charge in [0.05, 0.1) is 4.83 Å². The molecule has 0 saturated heterocycles. The molecule has 1 aliphatic heterocycles. The summed E-state index contributed by atoms with van der Waals surface area (Å²) in [5.74, 6) is 0.780.